The van der Waals surface area contributed by atoms with Crippen molar-refractivity contribution in [1.29, 1.82) is 0 Å². The molecule has 21 aromatic rings. The molecule has 0 bridgehead atoms. The molecule has 0 aliphatic heterocycles. The number of hydrogen-bond acceptors (Lipinski definition) is 7. The van der Waals surface area contributed by atoms with Crippen molar-refractivity contribution in [2.75, 3.05) is 0 Å². The Morgan fingerprint density at radius 3 is 0.905 bits per heavy atom. The summed E-state index contributed by atoms with van der Waals surface area (Å²) in [7, 11) is 3.20. The van der Waals surface area contributed by atoms with Crippen molar-refractivity contribution in [1.82, 2.24) is 0 Å². The van der Waals surface area contributed by atoms with E-state index in [1.807, 2.05) is 133 Å². The minimum atomic E-state index is -1.51. The Balaban J connectivity index is 0.000000148. The van der Waals surface area contributed by atoms with E-state index in [2.05, 4.69) is 210 Å². The molecule has 3 aromatic heterocycles. The molecule has 0 aliphatic carbocycles. The summed E-state index contributed by atoms with van der Waals surface area (Å²) < 4.78 is 19.8. The predicted octanol–water partition coefficient (Wildman–Crippen LogP) is 29.4. The van der Waals surface area contributed by atoms with Crippen LogP contribution in [0.15, 0.2) is 364 Å². The molecule has 0 fully saturated rings. The van der Waals surface area contributed by atoms with E-state index >= 15 is 0 Å². The zero-order chi connectivity index (χ0) is 77.8. The highest BCUT2D eigenvalue weighted by Crippen LogP contribution is 2.48. The summed E-state index contributed by atoms with van der Waals surface area (Å²) in [6, 6.07) is 116. The first kappa shape index (κ1) is 83.7. The van der Waals surface area contributed by atoms with Crippen LogP contribution < -0.4 is 10.9 Å². The van der Waals surface area contributed by atoms with Crippen LogP contribution in [0.5, 0.6) is 0 Å². The van der Waals surface area contributed by atoms with Gasteiger partial charge in [-0.3, -0.25) is 4.70 Å². The van der Waals surface area contributed by atoms with Crippen LogP contribution in [-0.4, -0.2) is 34.3 Å². The normalized spacial score (nSPS) is 10.9. The minimum absolute atomic E-state index is 0. The molecule has 3 heterocycles. The van der Waals surface area contributed by atoms with Crippen molar-refractivity contribution in [2.45, 2.75) is 14.9 Å². The van der Waals surface area contributed by atoms with Crippen LogP contribution in [0.1, 0.15) is 16.3 Å². The van der Waals surface area contributed by atoms with Gasteiger partial charge >= 0.3 is 14.2 Å². The fraction of sp³-hybridized carbons (Fsp3) is 0.0204. The van der Waals surface area contributed by atoms with Gasteiger partial charge in [-0.2, -0.15) is 0 Å². The Kier molecular flexibility index (Phi) is 26.9. The van der Waals surface area contributed by atoms with Crippen molar-refractivity contribution in [2.24, 2.45) is 0 Å². The van der Waals surface area contributed by atoms with Crippen LogP contribution in [0.4, 0.5) is 4.70 Å². The zero-order valence-corrected chi connectivity index (χ0v) is 68.4. The number of halogens is 6. The molecule has 0 radical (unpaired) electrons. The molecule has 18 aromatic carbocycles. The quantitative estimate of drug-likeness (QED) is 0.0743. The highest BCUT2D eigenvalue weighted by Gasteiger charge is 2.23. The molecule has 21 rings (SSSR count). The summed E-state index contributed by atoms with van der Waals surface area (Å²) in [4.78, 5) is 0. The lowest BCUT2D eigenvalue weighted by atomic mass is 9.79. The SMILES string of the molecule is C.C.Clc1cccc2c(-c3ccccc3)c3cccc(Cl)c3cc12.Clc1cccc2c(Br)c3cccc(Cl)c3cc12.F.OB(O)c1cccc2c1oc1ccccc12.OB(O)c1ccccc1.PPP.[HH].c1ccc(-c2c3cccc(-c4cccc5c4oc4ccccc45)c3cc3c(-c4cccc5c4oc4ccccc45)cccc23)cc1. The third-order valence-electron chi connectivity index (χ3n) is 20.2. The van der Waals surface area contributed by atoms with E-state index in [4.69, 9.17) is 69.7 Å². The maximum Gasteiger partial charge on any atom is 0.492 e. The fourth-order valence-corrected chi connectivity index (χ4v) is 16.7. The van der Waals surface area contributed by atoms with Crippen LogP contribution in [0.2, 0.25) is 20.1 Å². The topological polar surface area (TPSA) is 120 Å². The number of rotatable bonds is 6. The zero-order valence-electron chi connectivity index (χ0n) is 60.5. The monoisotopic (exact) mass is 1720 g/mol. The number of benzene rings is 18. The predicted molar refractivity (Wildman–Crippen MR) is 514 cm³/mol. The van der Waals surface area contributed by atoms with Crippen molar-refractivity contribution in [3.05, 3.63) is 370 Å². The summed E-state index contributed by atoms with van der Waals surface area (Å²) >= 11 is 28.9. The molecule has 0 spiro atoms. The third-order valence-corrected chi connectivity index (χ3v) is 22.3. The Bertz CT molecular complexity index is 6840. The molecule has 116 heavy (non-hydrogen) atoms. The highest BCUT2D eigenvalue weighted by molar-refractivity contribution is 9.10. The number of fused-ring (bicyclic) bond motifs is 15. The maximum absolute atomic E-state index is 9.24. The first-order chi connectivity index (χ1) is 55.3. The Hall–Kier alpha value is -10.3. The first-order valence-corrected chi connectivity index (χ1v) is 43.2. The lowest BCUT2D eigenvalue weighted by molar-refractivity contribution is 0.424. The van der Waals surface area contributed by atoms with Crippen molar-refractivity contribution < 1.29 is 39.5 Å². The average Bonchev–Trinajstić information content (AvgIpc) is 1.44. The van der Waals surface area contributed by atoms with Gasteiger partial charge in [0.2, 0.25) is 0 Å². The molecule has 4 N–H and O–H groups in total. The first-order valence-electron chi connectivity index (χ1n) is 36.2. The summed E-state index contributed by atoms with van der Waals surface area (Å²) in [5, 5.41) is 58.4. The van der Waals surface area contributed by atoms with Gasteiger partial charge in [-0.25, -0.2) is 0 Å². The van der Waals surface area contributed by atoms with Gasteiger partial charge in [0.1, 0.15) is 33.5 Å². The van der Waals surface area contributed by atoms with E-state index in [9.17, 15) is 10.0 Å². The van der Waals surface area contributed by atoms with Crippen LogP contribution in [-0.2, 0) is 0 Å². The second-order valence-electron chi connectivity index (χ2n) is 26.8. The molecule has 574 valence electrons. The summed E-state index contributed by atoms with van der Waals surface area (Å²) in [6.07, 6.45) is 0. The van der Waals surface area contributed by atoms with Gasteiger partial charge in [0.05, 0.1) is 0 Å². The standard InChI is InChI=1S/C44H26O2.C20H12Cl2.C14H7BrCl2.C12H9BO3.C6H7BO2.2CH4.FH.H5P3.H2/c1-2-12-27(13-3-1)42-32-18-8-16-28(34-20-10-22-36-30-14-4-6-24-40(30)45-43(34)36)38(32)26-39-29(17-9-19-33(39)42)35-21-11-23-37-31-15-5-7-25-41(31)46-44(35)37;21-18-10-4-8-14-16(18)12-17-15(9-5-11-19(17)22)20(14)13-6-2-1-3-7-13;15-14-8-3-1-5-12(16)10(8)7-11-9(14)4-2-6-13(11)17;14-13(15)10-6-3-5-9-8-4-1-2-7-11(8)16-12(9)10;8-7(9)6-4-2-1-3-5-6;;;;1-3-2;/h1-26H;1-12H;1-7H;1-7,14-15H;1-5,8-9H;2*1H4;1H;3H,1-2H2;1H. The van der Waals surface area contributed by atoms with Gasteiger partial charge in [0.25, 0.3) is 0 Å². The molecular formula is C98H77B2BrCl4FO7P3. The van der Waals surface area contributed by atoms with E-state index < -0.39 is 14.2 Å². The second kappa shape index (κ2) is 37.3. The fourth-order valence-electron chi connectivity index (χ4n) is 15.1. The molecular weight excluding hydrogens is 1640 g/mol. The van der Waals surface area contributed by atoms with E-state index in [0.29, 0.717) is 16.5 Å². The molecule has 0 aliphatic rings. The lowest BCUT2D eigenvalue weighted by Crippen LogP contribution is -2.29. The van der Waals surface area contributed by atoms with Crippen molar-refractivity contribution >= 4 is 244 Å². The molecule has 18 heteroatoms. The van der Waals surface area contributed by atoms with Gasteiger partial charge in [-0.1, -0.05) is 354 Å². The Morgan fingerprint density at radius 1 is 0.276 bits per heavy atom. The largest absolute Gasteiger partial charge is 0.492 e. The van der Waals surface area contributed by atoms with Gasteiger partial charge in [-0.15, -0.1) is 17.9 Å². The minimum Gasteiger partial charge on any atom is -0.456 e. The van der Waals surface area contributed by atoms with Crippen LogP contribution in [0.25, 0.3) is 175 Å². The molecule has 0 saturated heterocycles. The molecule has 2 atom stereocenters. The third kappa shape index (κ3) is 16.6. The molecule has 0 saturated carbocycles. The molecule has 0 amide bonds. The van der Waals surface area contributed by atoms with Crippen molar-refractivity contribution in [3.63, 3.8) is 0 Å². The summed E-state index contributed by atoms with van der Waals surface area (Å²) in [6.45, 7) is 0. The second-order valence-corrected chi connectivity index (χ2v) is 33.5. The average molecular weight is 1720 g/mol. The van der Waals surface area contributed by atoms with Gasteiger partial charge in [0, 0.05) is 96.4 Å². The maximum atomic E-state index is 9.24. The van der Waals surface area contributed by atoms with Gasteiger partial charge in [-0.05, 0) is 159 Å². The van der Waals surface area contributed by atoms with E-state index in [0.717, 1.165) is 158 Å². The van der Waals surface area contributed by atoms with Crippen LogP contribution in [0.3, 0.4) is 0 Å². The van der Waals surface area contributed by atoms with Gasteiger partial charge in [0.15, 0.2) is 0 Å². The number of para-hydroxylation sites is 6. The Morgan fingerprint density at radius 2 is 0.543 bits per heavy atom. The Labute approximate surface area is 707 Å². The van der Waals surface area contributed by atoms with Crippen LogP contribution in [0, 0.1) is 0 Å². The van der Waals surface area contributed by atoms with E-state index in [1.54, 1.807) is 36.4 Å². The highest BCUT2D eigenvalue weighted by atomic mass is 79.9. The number of hydrogen-bond donors (Lipinski definition) is 4. The molecule has 7 nitrogen and oxygen atoms in total. The summed E-state index contributed by atoms with van der Waals surface area (Å²) in [5.74, 6) is 0. The van der Waals surface area contributed by atoms with E-state index in [1.165, 1.54) is 43.8 Å². The smallest absolute Gasteiger partial charge is 0.456 e. The summed E-state index contributed by atoms with van der Waals surface area (Å²) in [5.41, 5.74) is 15.1. The lowest BCUT2D eigenvalue weighted by Gasteiger charge is -2.17. The van der Waals surface area contributed by atoms with Crippen LogP contribution >= 0.6 is 88.1 Å². The molecule has 2 unspecified atom stereocenters. The van der Waals surface area contributed by atoms with Crippen molar-refractivity contribution in [3.8, 4) is 44.5 Å². The van der Waals surface area contributed by atoms with Gasteiger partial charge < -0.3 is 33.3 Å². The number of furan rings is 3. The van der Waals surface area contributed by atoms with E-state index in [-0.39, 0.29) is 21.0 Å².